The van der Waals surface area contributed by atoms with Crippen molar-refractivity contribution in [3.8, 4) is 0 Å². The van der Waals surface area contributed by atoms with Gasteiger partial charge in [0.2, 0.25) is 5.91 Å². The van der Waals surface area contributed by atoms with Crippen LogP contribution >= 0.6 is 11.3 Å². The molecule has 0 radical (unpaired) electrons. The molecule has 144 valence electrons. The first-order chi connectivity index (χ1) is 12.1. The number of anilines is 1. The predicted octanol–water partition coefficient (Wildman–Crippen LogP) is 2.37. The fourth-order valence-corrected chi connectivity index (χ4v) is 3.40. The van der Waals surface area contributed by atoms with Crippen molar-refractivity contribution < 1.29 is 23.9 Å². The van der Waals surface area contributed by atoms with Gasteiger partial charge in [0.05, 0.1) is 18.8 Å². The zero-order valence-electron chi connectivity index (χ0n) is 15.9. The molecule has 0 atom stereocenters. The van der Waals surface area contributed by atoms with Crippen LogP contribution < -0.4 is 5.32 Å². The van der Waals surface area contributed by atoms with Gasteiger partial charge in [0, 0.05) is 23.4 Å². The molecule has 1 N–H and O–H groups in total. The van der Waals surface area contributed by atoms with Gasteiger partial charge in [-0.1, -0.05) is 20.8 Å². The molecule has 1 saturated heterocycles. The van der Waals surface area contributed by atoms with Gasteiger partial charge in [-0.15, -0.1) is 11.3 Å². The van der Waals surface area contributed by atoms with E-state index in [-0.39, 0.29) is 18.4 Å². The van der Waals surface area contributed by atoms with Gasteiger partial charge >= 0.3 is 5.97 Å². The maximum Gasteiger partial charge on any atom is 0.341 e. The Hall–Kier alpha value is -1.93. The van der Waals surface area contributed by atoms with Gasteiger partial charge in [-0.25, -0.2) is 4.79 Å². The molecule has 0 aliphatic carbocycles. The van der Waals surface area contributed by atoms with E-state index in [9.17, 15) is 14.4 Å². The van der Waals surface area contributed by atoms with Gasteiger partial charge in [0.25, 0.3) is 5.91 Å². The number of carbonyl (C=O) groups is 3. The zero-order chi connectivity index (χ0) is 19.5. The molecule has 0 bridgehead atoms. The van der Waals surface area contributed by atoms with Crippen LogP contribution in [-0.2, 0) is 19.1 Å². The first kappa shape index (κ1) is 20.4. The minimum absolute atomic E-state index is 0.183. The van der Waals surface area contributed by atoms with Crippen LogP contribution in [0.1, 0.15) is 41.6 Å². The lowest BCUT2D eigenvalue weighted by atomic mass is 9.96. The molecule has 8 heteroatoms. The lowest BCUT2D eigenvalue weighted by Crippen LogP contribution is -2.42. The number of rotatable bonds is 4. The molecule has 1 aliphatic heterocycles. The number of morpholine rings is 1. The Bertz CT molecular complexity index is 699. The van der Waals surface area contributed by atoms with E-state index in [1.165, 1.54) is 11.3 Å². The molecule has 1 aromatic rings. The molecular weight excluding hydrogens is 356 g/mol. The summed E-state index contributed by atoms with van der Waals surface area (Å²) < 4.78 is 10.4. The smallest absolute Gasteiger partial charge is 0.341 e. The Morgan fingerprint density at radius 1 is 1.19 bits per heavy atom. The Kier molecular flexibility index (Phi) is 6.41. The second-order valence-corrected chi connectivity index (χ2v) is 8.49. The van der Waals surface area contributed by atoms with Crippen LogP contribution in [0.2, 0.25) is 0 Å². The van der Waals surface area contributed by atoms with Crippen molar-refractivity contribution in [1.29, 1.82) is 0 Å². The van der Waals surface area contributed by atoms with Crippen LogP contribution in [0.3, 0.4) is 0 Å². The Balaban J connectivity index is 2.08. The summed E-state index contributed by atoms with van der Waals surface area (Å²) in [5.41, 5.74) is 0.488. The first-order valence-electron chi connectivity index (χ1n) is 8.55. The number of hydrogen-bond acceptors (Lipinski definition) is 6. The van der Waals surface area contributed by atoms with E-state index in [1.54, 1.807) is 32.6 Å². The largest absolute Gasteiger partial charge is 0.452 e. The number of hydrogen-bond donors (Lipinski definition) is 1. The summed E-state index contributed by atoms with van der Waals surface area (Å²) in [6.07, 6.45) is 0. The highest BCUT2D eigenvalue weighted by Gasteiger charge is 2.27. The predicted molar refractivity (Wildman–Crippen MR) is 99.6 cm³/mol. The number of esters is 1. The van der Waals surface area contributed by atoms with E-state index in [0.717, 1.165) is 10.4 Å². The number of thiophene rings is 1. The van der Waals surface area contributed by atoms with E-state index >= 15 is 0 Å². The van der Waals surface area contributed by atoms with Crippen LogP contribution in [0.5, 0.6) is 0 Å². The van der Waals surface area contributed by atoms with Gasteiger partial charge in [-0.2, -0.15) is 0 Å². The average Bonchev–Trinajstić information content (AvgIpc) is 2.86. The van der Waals surface area contributed by atoms with E-state index in [1.807, 2.05) is 6.92 Å². The second kappa shape index (κ2) is 8.18. The van der Waals surface area contributed by atoms with Crippen molar-refractivity contribution in [1.82, 2.24) is 4.90 Å². The van der Waals surface area contributed by atoms with Gasteiger partial charge in [0.15, 0.2) is 6.61 Å². The van der Waals surface area contributed by atoms with Crippen molar-refractivity contribution in [2.75, 3.05) is 38.2 Å². The van der Waals surface area contributed by atoms with E-state index in [4.69, 9.17) is 9.47 Å². The normalized spacial score (nSPS) is 14.9. The Morgan fingerprint density at radius 3 is 2.38 bits per heavy atom. The van der Waals surface area contributed by atoms with Gasteiger partial charge in [0.1, 0.15) is 5.00 Å². The molecule has 1 fully saturated rings. The van der Waals surface area contributed by atoms with Crippen molar-refractivity contribution >= 4 is 34.1 Å². The van der Waals surface area contributed by atoms with Crippen molar-refractivity contribution in [3.63, 3.8) is 0 Å². The Morgan fingerprint density at radius 2 is 1.81 bits per heavy atom. The molecule has 2 amide bonds. The highest BCUT2D eigenvalue weighted by atomic mass is 32.1. The third-order valence-corrected chi connectivity index (χ3v) is 5.31. The van der Waals surface area contributed by atoms with Crippen LogP contribution in [-0.4, -0.2) is 55.6 Å². The minimum Gasteiger partial charge on any atom is -0.452 e. The van der Waals surface area contributed by atoms with Gasteiger partial charge in [-0.05, 0) is 19.4 Å². The third kappa shape index (κ3) is 4.82. The highest BCUT2D eigenvalue weighted by molar-refractivity contribution is 7.16. The van der Waals surface area contributed by atoms with Gasteiger partial charge in [-0.3, -0.25) is 9.59 Å². The summed E-state index contributed by atoms with van der Waals surface area (Å²) in [6.45, 7) is 10.7. The van der Waals surface area contributed by atoms with Crippen LogP contribution in [0.15, 0.2) is 0 Å². The lowest BCUT2D eigenvalue weighted by Gasteiger charge is -2.26. The first-order valence-corrected chi connectivity index (χ1v) is 9.37. The fraction of sp³-hybridized carbons (Fsp3) is 0.611. The molecule has 0 unspecified atom stereocenters. The summed E-state index contributed by atoms with van der Waals surface area (Å²) in [5, 5.41) is 3.27. The number of nitrogens with one attached hydrogen (secondary N) is 1. The third-order valence-electron chi connectivity index (χ3n) is 4.19. The summed E-state index contributed by atoms with van der Waals surface area (Å²) in [5.74, 6) is -1.03. The van der Waals surface area contributed by atoms with Crippen LogP contribution in [0.25, 0.3) is 0 Å². The standard InChI is InChI=1S/C18H26N2O5S/c1-11-12(2)26-15(19-17(23)18(3,4)5)14(11)16(22)25-10-13(21)20-6-8-24-9-7-20/h6-10H2,1-5H3,(H,19,23). The molecule has 1 aromatic heterocycles. The lowest BCUT2D eigenvalue weighted by molar-refractivity contribution is -0.138. The SMILES string of the molecule is Cc1sc(NC(=O)C(C)(C)C)c(C(=O)OCC(=O)N2CCOCC2)c1C. The maximum atomic E-state index is 12.6. The monoisotopic (exact) mass is 382 g/mol. The highest BCUT2D eigenvalue weighted by Crippen LogP contribution is 2.34. The zero-order valence-corrected chi connectivity index (χ0v) is 16.7. The summed E-state index contributed by atoms with van der Waals surface area (Å²) in [7, 11) is 0. The molecule has 26 heavy (non-hydrogen) atoms. The summed E-state index contributed by atoms with van der Waals surface area (Å²) >= 11 is 1.33. The molecule has 7 nitrogen and oxygen atoms in total. The average molecular weight is 382 g/mol. The molecule has 0 spiro atoms. The van der Waals surface area contributed by atoms with Crippen LogP contribution in [0, 0.1) is 19.3 Å². The van der Waals surface area contributed by atoms with E-state index in [0.29, 0.717) is 36.9 Å². The van der Waals surface area contributed by atoms with E-state index in [2.05, 4.69) is 5.32 Å². The number of ether oxygens (including phenoxy) is 2. The fourth-order valence-electron chi connectivity index (χ4n) is 2.35. The number of nitrogens with zero attached hydrogens (tertiary/aromatic N) is 1. The molecule has 2 heterocycles. The number of aryl methyl sites for hydroxylation is 1. The van der Waals surface area contributed by atoms with Crippen molar-refractivity contribution in [3.05, 3.63) is 16.0 Å². The quantitative estimate of drug-likeness (QED) is 0.808. The molecule has 0 saturated carbocycles. The molecule has 0 aromatic carbocycles. The topological polar surface area (TPSA) is 84.9 Å². The molecule has 1 aliphatic rings. The molecule has 2 rings (SSSR count). The molecular formula is C18H26N2O5S. The second-order valence-electron chi connectivity index (χ2n) is 7.26. The number of carbonyl (C=O) groups excluding carboxylic acids is 3. The Labute approximate surface area is 157 Å². The van der Waals surface area contributed by atoms with Crippen molar-refractivity contribution in [2.24, 2.45) is 5.41 Å². The number of amides is 2. The van der Waals surface area contributed by atoms with Gasteiger partial charge < -0.3 is 19.7 Å². The van der Waals surface area contributed by atoms with Crippen LogP contribution in [0.4, 0.5) is 5.00 Å². The van der Waals surface area contributed by atoms with E-state index < -0.39 is 11.4 Å². The summed E-state index contributed by atoms with van der Waals surface area (Å²) in [4.78, 5) is 39.5. The minimum atomic E-state index is -0.599. The summed E-state index contributed by atoms with van der Waals surface area (Å²) in [6, 6.07) is 0. The maximum absolute atomic E-state index is 12.6. The van der Waals surface area contributed by atoms with Crippen molar-refractivity contribution in [2.45, 2.75) is 34.6 Å².